The Bertz CT molecular complexity index is 152. The van der Waals surface area contributed by atoms with Crippen LogP contribution in [-0.4, -0.2) is 5.48 Å². The molecule has 0 saturated heterocycles. The summed E-state index contributed by atoms with van der Waals surface area (Å²) >= 11 is 0. The number of hydrogen-bond donors (Lipinski definition) is 0. The standard InChI is InChI=1S/C8H9.2C2H6.H2O.Rb/c1-2-8-6-4-3-5-7-8;2*1-2;;/h3-6H,2H2,1H3;2*1-2H3;1H2;/q-1;;;;+1/p-1. The predicted molar refractivity (Wildman–Crippen MR) is 59.3 cm³/mol. The maximum absolute atomic E-state index is 3.12. The molecule has 2 heteroatoms. The molecule has 0 fully saturated rings. The maximum atomic E-state index is 3.12. The van der Waals surface area contributed by atoms with E-state index in [1.807, 2.05) is 45.9 Å². The van der Waals surface area contributed by atoms with Gasteiger partial charge in [0.05, 0.1) is 0 Å². The van der Waals surface area contributed by atoms with Crippen molar-refractivity contribution in [1.82, 2.24) is 0 Å². The van der Waals surface area contributed by atoms with Crippen molar-refractivity contribution in [2.45, 2.75) is 41.0 Å². The molecule has 0 bridgehead atoms. The minimum Gasteiger partial charge on any atom is -0.870 e. The maximum Gasteiger partial charge on any atom is 1.00 e. The minimum atomic E-state index is 0. The van der Waals surface area contributed by atoms with Crippen LogP contribution in [0, 0.1) is 6.07 Å². The molecule has 1 aromatic carbocycles. The second kappa shape index (κ2) is 23.7. The molecule has 0 aliphatic rings. The SMILES string of the molecule is CC.CC.CCc1[c-]cccc1.[OH-].[Rb+]. The van der Waals surface area contributed by atoms with Gasteiger partial charge in [-0.25, -0.2) is 0 Å². The first-order valence-electron chi connectivity index (χ1n) is 4.89. The van der Waals surface area contributed by atoms with Crippen molar-refractivity contribution >= 4 is 0 Å². The van der Waals surface area contributed by atoms with Gasteiger partial charge in [-0.1, -0.05) is 41.0 Å². The van der Waals surface area contributed by atoms with Crippen molar-refractivity contribution in [1.29, 1.82) is 0 Å². The van der Waals surface area contributed by atoms with Gasteiger partial charge in [-0.15, -0.1) is 0 Å². The average molecular weight is 268 g/mol. The Morgan fingerprint density at radius 1 is 1.07 bits per heavy atom. The number of aryl methyl sites for hydroxylation is 1. The van der Waals surface area contributed by atoms with Gasteiger partial charge in [0.1, 0.15) is 0 Å². The van der Waals surface area contributed by atoms with E-state index in [2.05, 4.69) is 19.1 Å². The summed E-state index contributed by atoms with van der Waals surface area (Å²) in [6, 6.07) is 11.2. The Balaban J connectivity index is -0.0000000750. The van der Waals surface area contributed by atoms with Crippen molar-refractivity contribution in [2.75, 3.05) is 0 Å². The molecule has 14 heavy (non-hydrogen) atoms. The van der Waals surface area contributed by atoms with E-state index >= 15 is 0 Å². The average Bonchev–Trinajstić information content (AvgIpc) is 2.25. The smallest absolute Gasteiger partial charge is 0.870 e. The summed E-state index contributed by atoms with van der Waals surface area (Å²) < 4.78 is 0. The Morgan fingerprint density at radius 2 is 1.57 bits per heavy atom. The fraction of sp³-hybridized carbons (Fsp3) is 0.500. The molecular weight excluding hydrogens is 246 g/mol. The van der Waals surface area contributed by atoms with Crippen LogP contribution in [0.25, 0.3) is 0 Å². The summed E-state index contributed by atoms with van der Waals surface area (Å²) in [4.78, 5) is 0. The molecule has 1 nitrogen and oxygen atoms in total. The van der Waals surface area contributed by atoms with Gasteiger partial charge in [-0.05, 0) is 0 Å². The van der Waals surface area contributed by atoms with Gasteiger partial charge in [-0.2, -0.15) is 35.9 Å². The Morgan fingerprint density at radius 3 is 1.79 bits per heavy atom. The third-order valence-corrected chi connectivity index (χ3v) is 1.15. The van der Waals surface area contributed by atoms with Crippen LogP contribution in [0.3, 0.4) is 0 Å². The molecule has 0 aliphatic carbocycles. The van der Waals surface area contributed by atoms with Crippen LogP contribution in [-0.2, 0) is 6.42 Å². The molecule has 0 atom stereocenters. The van der Waals surface area contributed by atoms with Gasteiger partial charge < -0.3 is 5.48 Å². The number of benzene rings is 1. The molecule has 0 radical (unpaired) electrons. The quantitative estimate of drug-likeness (QED) is 0.696. The summed E-state index contributed by atoms with van der Waals surface area (Å²) in [6.07, 6.45) is 1.08. The molecule has 0 aromatic heterocycles. The van der Waals surface area contributed by atoms with Gasteiger partial charge in [0.25, 0.3) is 0 Å². The van der Waals surface area contributed by atoms with Crippen LogP contribution < -0.4 is 58.2 Å². The second-order valence-electron chi connectivity index (χ2n) is 1.74. The van der Waals surface area contributed by atoms with E-state index in [9.17, 15) is 0 Å². The van der Waals surface area contributed by atoms with Crippen molar-refractivity contribution in [3.8, 4) is 0 Å². The first kappa shape index (κ1) is 24.3. The van der Waals surface area contributed by atoms with Crippen LogP contribution in [0.1, 0.15) is 40.2 Å². The molecular formula is C12H22ORb-. The Labute approximate surface area is 138 Å². The van der Waals surface area contributed by atoms with Crippen molar-refractivity contribution in [2.24, 2.45) is 0 Å². The zero-order chi connectivity index (χ0) is 9.82. The van der Waals surface area contributed by atoms with Crippen molar-refractivity contribution in [3.05, 3.63) is 35.9 Å². The van der Waals surface area contributed by atoms with Gasteiger partial charge in [-0.3, -0.25) is 0 Å². The van der Waals surface area contributed by atoms with E-state index in [1.54, 1.807) is 0 Å². The Hall–Kier alpha value is 0.985. The molecule has 78 valence electrons. The summed E-state index contributed by atoms with van der Waals surface area (Å²) in [7, 11) is 0. The predicted octanol–water partition coefficient (Wildman–Crippen LogP) is 0.929. The summed E-state index contributed by atoms with van der Waals surface area (Å²) in [6.45, 7) is 10.1. The van der Waals surface area contributed by atoms with E-state index < -0.39 is 0 Å². The molecule has 1 N–H and O–H groups in total. The number of hydrogen-bond acceptors (Lipinski definition) is 1. The number of rotatable bonds is 1. The third kappa shape index (κ3) is 15.5. The molecule has 1 rings (SSSR count). The fourth-order valence-electron chi connectivity index (χ4n) is 0.650. The van der Waals surface area contributed by atoms with Crippen LogP contribution >= 0.6 is 0 Å². The van der Waals surface area contributed by atoms with E-state index in [0.29, 0.717) is 0 Å². The minimum absolute atomic E-state index is 0. The largest absolute Gasteiger partial charge is 1.00 e. The summed E-state index contributed by atoms with van der Waals surface area (Å²) in [5.41, 5.74) is 1.28. The fourth-order valence-corrected chi connectivity index (χ4v) is 0.650. The van der Waals surface area contributed by atoms with E-state index in [-0.39, 0.29) is 63.7 Å². The zero-order valence-corrected chi connectivity index (χ0v) is 15.4. The molecule has 0 spiro atoms. The first-order chi connectivity index (χ1) is 5.93. The van der Waals surface area contributed by atoms with Gasteiger partial charge in [0.15, 0.2) is 0 Å². The van der Waals surface area contributed by atoms with Gasteiger partial charge in [0.2, 0.25) is 0 Å². The molecule has 0 aliphatic heterocycles. The summed E-state index contributed by atoms with van der Waals surface area (Å²) in [5.74, 6) is 0. The van der Waals surface area contributed by atoms with Crippen LogP contribution in [0.4, 0.5) is 0 Å². The zero-order valence-electron chi connectivity index (χ0n) is 10.5. The van der Waals surface area contributed by atoms with Crippen LogP contribution in [0.5, 0.6) is 0 Å². The molecule has 0 amide bonds. The molecule has 0 saturated carbocycles. The topological polar surface area (TPSA) is 30.0 Å². The molecule has 1 aromatic rings. The Kier molecular flexibility index (Phi) is 41.0. The van der Waals surface area contributed by atoms with Crippen molar-refractivity contribution in [3.63, 3.8) is 0 Å². The summed E-state index contributed by atoms with van der Waals surface area (Å²) in [5, 5.41) is 0. The molecule has 0 heterocycles. The monoisotopic (exact) mass is 267 g/mol. The molecule has 0 unspecified atom stereocenters. The second-order valence-corrected chi connectivity index (χ2v) is 1.74. The van der Waals surface area contributed by atoms with E-state index in [0.717, 1.165) is 6.42 Å². The van der Waals surface area contributed by atoms with E-state index in [4.69, 9.17) is 0 Å². The van der Waals surface area contributed by atoms with Crippen LogP contribution in [0.15, 0.2) is 24.3 Å². The van der Waals surface area contributed by atoms with E-state index in [1.165, 1.54) is 5.56 Å². The van der Waals surface area contributed by atoms with Crippen molar-refractivity contribution < 1.29 is 63.7 Å². The third-order valence-electron chi connectivity index (χ3n) is 1.15. The van der Waals surface area contributed by atoms with Crippen LogP contribution in [0.2, 0.25) is 0 Å². The first-order valence-corrected chi connectivity index (χ1v) is 4.89. The normalized spacial score (nSPS) is 6.07. The van der Waals surface area contributed by atoms with Gasteiger partial charge in [0, 0.05) is 0 Å². The van der Waals surface area contributed by atoms with Gasteiger partial charge >= 0.3 is 58.2 Å².